The van der Waals surface area contributed by atoms with Crippen LogP contribution < -0.4 is 0 Å². The Balaban J connectivity index is 3.55. The van der Waals surface area contributed by atoms with E-state index >= 15 is 0 Å². The molecule has 0 aromatic carbocycles. The van der Waals surface area contributed by atoms with Crippen molar-refractivity contribution < 1.29 is 0 Å². The van der Waals surface area contributed by atoms with Crippen LogP contribution in [0.4, 0.5) is 0 Å². The van der Waals surface area contributed by atoms with Gasteiger partial charge in [-0.25, -0.2) is 0 Å². The normalized spacial score (nSPS) is 7.68. The molecule has 0 rings (SSSR count). The van der Waals surface area contributed by atoms with Crippen LogP contribution in [0, 0.1) is 47.4 Å². The van der Waals surface area contributed by atoms with Gasteiger partial charge in [0.1, 0.15) is 0 Å². The van der Waals surface area contributed by atoms with Gasteiger partial charge in [-0.1, -0.05) is 62.2 Å². The third-order valence-electron chi connectivity index (χ3n) is 2.31. The maximum Gasteiger partial charge on any atom is 0.0703 e. The summed E-state index contributed by atoms with van der Waals surface area (Å²) in [6, 6.07) is 0. The number of unbranched alkanes of at least 4 members (excludes halogenated alkanes) is 4. The Kier molecular flexibility index (Phi) is 14.7. The SMILES string of the molecule is CCCC#CCC#CCC#CCC#CCCCCC. The fraction of sp³-hybridized carbons (Fsp3) is 0.579. The van der Waals surface area contributed by atoms with E-state index in [1.54, 1.807) is 0 Å². The quantitative estimate of drug-likeness (QED) is 0.508. The molecule has 0 aromatic heterocycles. The van der Waals surface area contributed by atoms with Gasteiger partial charge in [0.25, 0.3) is 0 Å². The summed E-state index contributed by atoms with van der Waals surface area (Å²) in [5.74, 6) is 24.4. The van der Waals surface area contributed by atoms with E-state index in [4.69, 9.17) is 0 Å². The largest absolute Gasteiger partial charge is 0.102 e. The summed E-state index contributed by atoms with van der Waals surface area (Å²) in [7, 11) is 0. The minimum Gasteiger partial charge on any atom is -0.102 e. The zero-order chi connectivity index (χ0) is 14.0. The van der Waals surface area contributed by atoms with Crippen LogP contribution in [-0.2, 0) is 0 Å². The van der Waals surface area contributed by atoms with Crippen molar-refractivity contribution in [2.45, 2.75) is 71.6 Å². The Morgan fingerprint density at radius 3 is 1.42 bits per heavy atom. The zero-order valence-electron chi connectivity index (χ0n) is 12.4. The number of rotatable bonds is 4. The van der Waals surface area contributed by atoms with Crippen LogP contribution >= 0.6 is 0 Å². The molecule has 0 heteroatoms. The molecule has 19 heavy (non-hydrogen) atoms. The molecule has 0 saturated heterocycles. The minimum atomic E-state index is 0.632. The van der Waals surface area contributed by atoms with Crippen LogP contribution in [0.5, 0.6) is 0 Å². The van der Waals surface area contributed by atoms with Crippen molar-refractivity contribution in [3.63, 3.8) is 0 Å². The van der Waals surface area contributed by atoms with Crippen molar-refractivity contribution in [2.24, 2.45) is 0 Å². The molecule has 0 saturated carbocycles. The first kappa shape index (κ1) is 17.2. The summed E-state index contributed by atoms with van der Waals surface area (Å²) < 4.78 is 0. The summed E-state index contributed by atoms with van der Waals surface area (Å²) >= 11 is 0. The van der Waals surface area contributed by atoms with Crippen molar-refractivity contribution >= 4 is 0 Å². The molecule has 0 aromatic rings. The predicted octanol–water partition coefficient (Wildman–Crippen LogP) is 4.55. The fourth-order valence-electron chi connectivity index (χ4n) is 1.27. The molecule has 0 N–H and O–H groups in total. The summed E-state index contributed by atoms with van der Waals surface area (Å²) in [5, 5.41) is 0. The van der Waals surface area contributed by atoms with Gasteiger partial charge in [-0.2, -0.15) is 0 Å². The number of hydrogen-bond acceptors (Lipinski definition) is 0. The average Bonchev–Trinajstić information content (AvgIpc) is 2.43. The molecule has 0 unspecified atom stereocenters. The highest BCUT2D eigenvalue weighted by Gasteiger charge is 1.79. The first-order valence-electron chi connectivity index (χ1n) is 7.24. The molecule has 0 aliphatic rings. The first-order chi connectivity index (χ1) is 9.41. The van der Waals surface area contributed by atoms with E-state index in [1.165, 1.54) is 19.3 Å². The fourth-order valence-corrected chi connectivity index (χ4v) is 1.27. The highest BCUT2D eigenvalue weighted by Crippen LogP contribution is 1.96. The van der Waals surface area contributed by atoms with Gasteiger partial charge in [-0.3, -0.25) is 0 Å². The van der Waals surface area contributed by atoms with Crippen LogP contribution in [0.15, 0.2) is 0 Å². The van der Waals surface area contributed by atoms with Crippen LogP contribution in [0.25, 0.3) is 0 Å². The summed E-state index contributed by atoms with van der Waals surface area (Å²) in [6.07, 6.45) is 8.80. The Hall–Kier alpha value is -1.76. The van der Waals surface area contributed by atoms with Crippen LogP contribution in [0.2, 0.25) is 0 Å². The second kappa shape index (κ2) is 16.2. The van der Waals surface area contributed by atoms with E-state index in [9.17, 15) is 0 Å². The van der Waals surface area contributed by atoms with E-state index in [1.807, 2.05) is 0 Å². The van der Waals surface area contributed by atoms with Gasteiger partial charge in [0, 0.05) is 12.8 Å². The van der Waals surface area contributed by atoms with Gasteiger partial charge in [-0.05, 0) is 12.8 Å². The molecule has 0 aliphatic carbocycles. The van der Waals surface area contributed by atoms with Gasteiger partial charge in [-0.15, -0.1) is 11.8 Å². The maximum atomic E-state index is 3.14. The van der Waals surface area contributed by atoms with Crippen molar-refractivity contribution in [3.8, 4) is 47.4 Å². The summed E-state index contributed by atoms with van der Waals surface area (Å²) in [4.78, 5) is 0. The lowest BCUT2D eigenvalue weighted by Crippen LogP contribution is -1.71. The Morgan fingerprint density at radius 1 is 0.474 bits per heavy atom. The van der Waals surface area contributed by atoms with E-state index < -0.39 is 0 Å². The third kappa shape index (κ3) is 16.2. The molecule has 0 bridgehead atoms. The Labute approximate surface area is 119 Å². The van der Waals surface area contributed by atoms with Crippen molar-refractivity contribution in [3.05, 3.63) is 0 Å². The lowest BCUT2D eigenvalue weighted by atomic mass is 10.2. The first-order valence-corrected chi connectivity index (χ1v) is 7.24. The molecule has 0 nitrogen and oxygen atoms in total. The summed E-state index contributed by atoms with van der Waals surface area (Å²) in [6.45, 7) is 4.33. The van der Waals surface area contributed by atoms with Crippen LogP contribution in [0.3, 0.4) is 0 Å². The lowest BCUT2D eigenvalue weighted by Gasteiger charge is -1.87. The lowest BCUT2D eigenvalue weighted by molar-refractivity contribution is 0.737. The summed E-state index contributed by atoms with van der Waals surface area (Å²) in [5.41, 5.74) is 0. The second-order valence-electron chi connectivity index (χ2n) is 4.15. The molecule has 0 aliphatic heterocycles. The molecule has 100 valence electrons. The highest BCUT2D eigenvalue weighted by atomic mass is 13.8. The predicted molar refractivity (Wildman–Crippen MR) is 84.0 cm³/mol. The van der Waals surface area contributed by atoms with Crippen molar-refractivity contribution in [1.82, 2.24) is 0 Å². The van der Waals surface area contributed by atoms with Crippen molar-refractivity contribution in [1.29, 1.82) is 0 Å². The van der Waals surface area contributed by atoms with Crippen LogP contribution in [-0.4, -0.2) is 0 Å². The molecule has 0 atom stereocenters. The number of hydrogen-bond donors (Lipinski definition) is 0. The molecule has 0 heterocycles. The molecule has 0 spiro atoms. The van der Waals surface area contributed by atoms with Gasteiger partial charge in [0.15, 0.2) is 0 Å². The third-order valence-corrected chi connectivity index (χ3v) is 2.31. The van der Waals surface area contributed by atoms with E-state index in [2.05, 4.69) is 61.2 Å². The van der Waals surface area contributed by atoms with Crippen molar-refractivity contribution in [2.75, 3.05) is 0 Å². The molecule has 0 fully saturated rings. The van der Waals surface area contributed by atoms with Gasteiger partial charge >= 0.3 is 0 Å². The highest BCUT2D eigenvalue weighted by molar-refractivity contribution is 5.18. The Morgan fingerprint density at radius 2 is 0.947 bits per heavy atom. The average molecular weight is 252 g/mol. The van der Waals surface area contributed by atoms with Gasteiger partial charge < -0.3 is 0 Å². The van der Waals surface area contributed by atoms with E-state index in [0.717, 1.165) is 19.3 Å². The molecular formula is C19H24. The second-order valence-corrected chi connectivity index (χ2v) is 4.15. The zero-order valence-corrected chi connectivity index (χ0v) is 12.4. The van der Waals surface area contributed by atoms with E-state index in [-0.39, 0.29) is 0 Å². The van der Waals surface area contributed by atoms with Gasteiger partial charge in [0.05, 0.1) is 19.3 Å². The maximum absolute atomic E-state index is 3.14. The molecule has 0 amide bonds. The monoisotopic (exact) mass is 252 g/mol. The smallest absolute Gasteiger partial charge is 0.0703 e. The van der Waals surface area contributed by atoms with Gasteiger partial charge in [0.2, 0.25) is 0 Å². The minimum absolute atomic E-state index is 0.632. The standard InChI is InChI=1S/C19H24/c1-3-5-7-9-11-13-15-17-19-18-16-14-12-10-8-6-4-2/h3-7,9,12,15,18H2,1-2H3. The van der Waals surface area contributed by atoms with E-state index in [0.29, 0.717) is 19.3 Å². The van der Waals surface area contributed by atoms with Crippen LogP contribution in [0.1, 0.15) is 71.6 Å². The molecular weight excluding hydrogens is 228 g/mol. The topological polar surface area (TPSA) is 0 Å². The molecule has 0 radical (unpaired) electrons. The Bertz CT molecular complexity index is 437.